The van der Waals surface area contributed by atoms with Gasteiger partial charge in [-0.3, -0.25) is 0 Å². The lowest BCUT2D eigenvalue weighted by Crippen LogP contribution is -2.00. The highest BCUT2D eigenvalue weighted by Gasteiger charge is 2.20. The predicted octanol–water partition coefficient (Wildman–Crippen LogP) is 1.84. The third kappa shape index (κ3) is 1.39. The van der Waals surface area contributed by atoms with Crippen molar-refractivity contribution in [1.29, 1.82) is 0 Å². The fourth-order valence-corrected chi connectivity index (χ4v) is 2.02. The van der Waals surface area contributed by atoms with Gasteiger partial charge < -0.3 is 14.6 Å². The number of hydrogen-bond donors (Lipinski definition) is 1. The van der Waals surface area contributed by atoms with Crippen LogP contribution >= 0.6 is 11.8 Å². The number of aromatic carboxylic acids is 1. The van der Waals surface area contributed by atoms with Gasteiger partial charge >= 0.3 is 5.97 Å². The molecule has 0 amide bonds. The van der Waals surface area contributed by atoms with Crippen LogP contribution in [0.5, 0.6) is 11.5 Å². The molecule has 1 N–H and O–H groups in total. The van der Waals surface area contributed by atoms with Crippen LogP contribution in [0.15, 0.2) is 17.0 Å². The number of carbonyl (C=O) groups is 1. The van der Waals surface area contributed by atoms with Gasteiger partial charge in [-0.05, 0) is 12.1 Å². The summed E-state index contributed by atoms with van der Waals surface area (Å²) in [4.78, 5) is 11.8. The van der Waals surface area contributed by atoms with Crippen LogP contribution in [0.2, 0.25) is 0 Å². The van der Waals surface area contributed by atoms with Crippen molar-refractivity contribution in [3.8, 4) is 11.5 Å². The fraction of sp³-hybridized carbons (Fsp3) is 0.222. The minimum absolute atomic E-state index is 0.133. The lowest BCUT2D eigenvalue weighted by atomic mass is 10.2. The van der Waals surface area contributed by atoms with E-state index in [4.69, 9.17) is 14.6 Å². The van der Waals surface area contributed by atoms with E-state index in [-0.39, 0.29) is 5.56 Å². The Labute approximate surface area is 84.8 Å². The van der Waals surface area contributed by atoms with Crippen molar-refractivity contribution < 1.29 is 19.4 Å². The minimum Gasteiger partial charge on any atom is -0.496 e. The summed E-state index contributed by atoms with van der Waals surface area (Å²) in [5.41, 5.74) is 0.133. The van der Waals surface area contributed by atoms with Crippen LogP contribution in [0.3, 0.4) is 0 Å². The molecular formula is C9H8O4S. The molecule has 0 atom stereocenters. The van der Waals surface area contributed by atoms with Crippen LogP contribution in [0, 0.1) is 0 Å². The largest absolute Gasteiger partial charge is 0.496 e. The van der Waals surface area contributed by atoms with Gasteiger partial charge in [-0.25, -0.2) is 4.79 Å². The summed E-state index contributed by atoms with van der Waals surface area (Å²) in [6.45, 7) is 0. The zero-order valence-electron chi connectivity index (χ0n) is 7.44. The average Bonchev–Trinajstić information content (AvgIpc) is 2.62. The van der Waals surface area contributed by atoms with E-state index in [1.165, 1.54) is 24.9 Å². The van der Waals surface area contributed by atoms with Gasteiger partial charge in [0.05, 0.1) is 12.0 Å². The molecule has 1 aromatic rings. The normalized spacial score (nSPS) is 13.2. The van der Waals surface area contributed by atoms with Gasteiger partial charge in [-0.2, -0.15) is 0 Å². The third-order valence-corrected chi connectivity index (χ3v) is 2.79. The number of ether oxygens (including phenoxy) is 2. The summed E-state index contributed by atoms with van der Waals surface area (Å²) < 4.78 is 10.2. The van der Waals surface area contributed by atoms with Gasteiger partial charge in [-0.1, -0.05) is 11.8 Å². The first kappa shape index (κ1) is 9.21. The van der Waals surface area contributed by atoms with Gasteiger partial charge in [0, 0.05) is 0 Å². The van der Waals surface area contributed by atoms with Crippen LogP contribution in [-0.2, 0) is 0 Å². The van der Waals surface area contributed by atoms with E-state index in [0.717, 1.165) is 4.90 Å². The van der Waals surface area contributed by atoms with Crippen molar-refractivity contribution in [2.75, 3.05) is 13.0 Å². The summed E-state index contributed by atoms with van der Waals surface area (Å²) in [5.74, 6) is 0.509. The molecular weight excluding hydrogens is 204 g/mol. The molecule has 0 aromatic heterocycles. The zero-order valence-corrected chi connectivity index (χ0v) is 8.26. The monoisotopic (exact) mass is 212 g/mol. The summed E-state index contributed by atoms with van der Waals surface area (Å²) in [7, 11) is 1.45. The minimum atomic E-state index is -1.01. The Kier molecular flexibility index (Phi) is 2.25. The molecule has 74 valence electrons. The molecule has 0 radical (unpaired) electrons. The number of methoxy groups -OCH3 is 1. The molecule has 4 nitrogen and oxygen atoms in total. The van der Waals surface area contributed by atoms with Crippen molar-refractivity contribution in [2.24, 2.45) is 0 Å². The molecule has 0 bridgehead atoms. The second-order valence-corrected chi connectivity index (χ2v) is 3.68. The highest BCUT2D eigenvalue weighted by Crippen LogP contribution is 2.40. The molecule has 1 aromatic carbocycles. The molecule has 2 rings (SSSR count). The number of thioether (sulfide) groups is 1. The predicted molar refractivity (Wildman–Crippen MR) is 51.3 cm³/mol. The number of fused-ring (bicyclic) bond motifs is 1. The Hall–Kier alpha value is -1.36. The van der Waals surface area contributed by atoms with Crippen LogP contribution < -0.4 is 9.47 Å². The summed E-state index contributed by atoms with van der Waals surface area (Å²) in [6, 6.07) is 3.19. The van der Waals surface area contributed by atoms with E-state index in [0.29, 0.717) is 17.4 Å². The molecule has 1 aliphatic heterocycles. The molecule has 0 unspecified atom stereocenters. The van der Waals surface area contributed by atoms with Crippen LogP contribution in [0.1, 0.15) is 10.4 Å². The van der Waals surface area contributed by atoms with Crippen molar-refractivity contribution in [2.45, 2.75) is 4.90 Å². The SMILES string of the molecule is COc1cc2c(cc1C(=O)O)OCS2. The quantitative estimate of drug-likeness (QED) is 0.810. The number of hydrogen-bond acceptors (Lipinski definition) is 4. The molecule has 0 aliphatic carbocycles. The first-order valence-electron chi connectivity index (χ1n) is 3.93. The van der Waals surface area contributed by atoms with Gasteiger partial charge in [0.1, 0.15) is 23.0 Å². The van der Waals surface area contributed by atoms with Crippen LogP contribution in [0.4, 0.5) is 0 Å². The first-order chi connectivity index (χ1) is 6.72. The highest BCUT2D eigenvalue weighted by molar-refractivity contribution is 7.99. The molecule has 0 saturated heterocycles. The average molecular weight is 212 g/mol. The molecule has 0 spiro atoms. The van der Waals surface area contributed by atoms with E-state index < -0.39 is 5.97 Å². The highest BCUT2D eigenvalue weighted by atomic mass is 32.2. The van der Waals surface area contributed by atoms with E-state index in [2.05, 4.69) is 0 Å². The summed E-state index contributed by atoms with van der Waals surface area (Å²) >= 11 is 1.52. The van der Waals surface area contributed by atoms with Gasteiger partial charge in [-0.15, -0.1) is 0 Å². The summed E-state index contributed by atoms with van der Waals surface area (Å²) in [6.07, 6.45) is 0. The lowest BCUT2D eigenvalue weighted by molar-refractivity contribution is 0.0693. The maximum Gasteiger partial charge on any atom is 0.339 e. The maximum absolute atomic E-state index is 10.8. The summed E-state index contributed by atoms with van der Waals surface area (Å²) in [5, 5.41) is 8.89. The molecule has 0 saturated carbocycles. The van der Waals surface area contributed by atoms with Gasteiger partial charge in [0.2, 0.25) is 0 Å². The molecule has 1 heterocycles. The Bertz CT molecular complexity index is 389. The van der Waals surface area contributed by atoms with Gasteiger partial charge in [0.25, 0.3) is 0 Å². The van der Waals surface area contributed by atoms with E-state index in [1.54, 1.807) is 6.07 Å². The van der Waals surface area contributed by atoms with Crippen LogP contribution in [-0.4, -0.2) is 24.1 Å². The van der Waals surface area contributed by atoms with Crippen molar-refractivity contribution in [3.63, 3.8) is 0 Å². The molecule has 14 heavy (non-hydrogen) atoms. The number of carboxylic acid groups (broad SMARTS) is 1. The standard InChI is InChI=1S/C9H8O4S/c1-12-6-3-8-7(13-4-14-8)2-5(6)9(10)11/h2-3H,4H2,1H3,(H,10,11). The topological polar surface area (TPSA) is 55.8 Å². The van der Waals surface area contributed by atoms with E-state index in [9.17, 15) is 4.79 Å². The van der Waals surface area contributed by atoms with Crippen molar-refractivity contribution in [1.82, 2.24) is 0 Å². The lowest BCUT2D eigenvalue weighted by Gasteiger charge is -2.06. The fourth-order valence-electron chi connectivity index (χ4n) is 1.26. The van der Waals surface area contributed by atoms with E-state index >= 15 is 0 Å². The number of benzene rings is 1. The smallest absolute Gasteiger partial charge is 0.339 e. The van der Waals surface area contributed by atoms with Crippen molar-refractivity contribution in [3.05, 3.63) is 17.7 Å². The third-order valence-electron chi connectivity index (χ3n) is 1.93. The second-order valence-electron chi connectivity index (χ2n) is 2.71. The number of rotatable bonds is 2. The Morgan fingerprint density at radius 2 is 2.43 bits per heavy atom. The van der Waals surface area contributed by atoms with Crippen LogP contribution in [0.25, 0.3) is 0 Å². The van der Waals surface area contributed by atoms with Gasteiger partial charge in [0.15, 0.2) is 0 Å². The molecule has 0 fully saturated rings. The maximum atomic E-state index is 10.8. The molecule has 5 heteroatoms. The zero-order chi connectivity index (χ0) is 10.1. The Balaban J connectivity index is 2.54. The Morgan fingerprint density at radius 1 is 1.64 bits per heavy atom. The number of carboxylic acids is 1. The first-order valence-corrected chi connectivity index (χ1v) is 4.92. The van der Waals surface area contributed by atoms with Crippen molar-refractivity contribution >= 4 is 17.7 Å². The van der Waals surface area contributed by atoms with E-state index in [1.807, 2.05) is 0 Å². The second kappa shape index (κ2) is 3.42. The Morgan fingerprint density at radius 3 is 3.07 bits per heavy atom. The molecule has 1 aliphatic rings.